The van der Waals surface area contributed by atoms with Gasteiger partial charge in [-0.3, -0.25) is 0 Å². The molecule has 48 valence electrons. The molecule has 1 aromatic carbocycles. The fourth-order valence-electron chi connectivity index (χ4n) is 0.515. The molecule has 0 spiro atoms. The summed E-state index contributed by atoms with van der Waals surface area (Å²) in [5.74, 6) is 0. The third kappa shape index (κ3) is 2.63. The van der Waals surface area contributed by atoms with Crippen LogP contribution in [0.2, 0.25) is 0 Å². The smallest absolute Gasteiger partial charge is 0.0189 e. The van der Waals surface area contributed by atoms with Gasteiger partial charge >= 0.3 is 0 Å². The van der Waals surface area contributed by atoms with Crippen LogP contribution in [0.3, 0.4) is 0 Å². The molecular weight excluding hydrogens is 358 g/mol. The summed E-state index contributed by atoms with van der Waals surface area (Å²) in [5, 5.41) is 0. The maximum atomic E-state index is 2.31. The van der Waals surface area contributed by atoms with Crippen LogP contribution in [0.4, 0.5) is 0 Å². The zero-order valence-electron chi connectivity index (χ0n) is 4.47. The lowest BCUT2D eigenvalue weighted by Gasteiger charge is -1.92. The standard InChI is InChI=1S/C6H4I2S/c7-5-2-1-3-6(4-5)9-8/h1-4H. The van der Waals surface area contributed by atoms with Crippen molar-refractivity contribution < 1.29 is 0 Å². The summed E-state index contributed by atoms with van der Waals surface area (Å²) in [6.45, 7) is 0. The van der Waals surface area contributed by atoms with Crippen LogP contribution in [-0.4, -0.2) is 0 Å². The molecule has 0 fully saturated rings. The Hall–Kier alpha value is 1.03. The molecule has 0 aromatic heterocycles. The highest BCUT2D eigenvalue weighted by atomic mass is 127. The Morgan fingerprint density at radius 1 is 1.33 bits per heavy atom. The van der Waals surface area contributed by atoms with Crippen molar-refractivity contribution in [3.63, 3.8) is 0 Å². The Kier molecular flexibility index (Phi) is 3.63. The molecule has 0 saturated heterocycles. The molecule has 0 bridgehead atoms. The van der Waals surface area contributed by atoms with Gasteiger partial charge in [0.05, 0.1) is 0 Å². The van der Waals surface area contributed by atoms with E-state index in [1.807, 2.05) is 0 Å². The van der Waals surface area contributed by atoms with Crippen molar-refractivity contribution >= 4 is 52.7 Å². The molecule has 0 aliphatic carbocycles. The second-order valence-electron chi connectivity index (χ2n) is 1.53. The Labute approximate surface area is 84.5 Å². The summed E-state index contributed by atoms with van der Waals surface area (Å²) >= 11 is 4.60. The maximum absolute atomic E-state index is 2.31. The van der Waals surface area contributed by atoms with E-state index in [2.05, 4.69) is 68.1 Å². The van der Waals surface area contributed by atoms with Crippen LogP contribution >= 0.6 is 52.7 Å². The lowest BCUT2D eigenvalue weighted by molar-refractivity contribution is 1.45. The molecule has 0 amide bonds. The average Bonchev–Trinajstić information content (AvgIpc) is 1.88. The van der Waals surface area contributed by atoms with E-state index in [0.717, 1.165) is 0 Å². The number of hydrogen-bond acceptors (Lipinski definition) is 1. The summed E-state index contributed by atoms with van der Waals surface area (Å²) < 4.78 is 1.30. The first-order chi connectivity index (χ1) is 4.33. The molecule has 0 heterocycles. The summed E-state index contributed by atoms with van der Waals surface area (Å²) in [4.78, 5) is 1.32. The second-order valence-corrected chi connectivity index (χ2v) is 4.73. The first-order valence-corrected chi connectivity index (χ1v) is 6.81. The third-order valence-electron chi connectivity index (χ3n) is 0.885. The molecule has 3 heteroatoms. The van der Waals surface area contributed by atoms with Gasteiger partial charge in [0.2, 0.25) is 0 Å². The molecule has 0 atom stereocenters. The van der Waals surface area contributed by atoms with Crippen molar-refractivity contribution in [1.82, 2.24) is 0 Å². The molecule has 0 N–H and O–H groups in total. The third-order valence-corrected chi connectivity index (χ3v) is 3.51. The molecule has 1 aromatic rings. The summed E-state index contributed by atoms with van der Waals surface area (Å²) in [5.41, 5.74) is 0. The van der Waals surface area contributed by atoms with Crippen LogP contribution in [0.5, 0.6) is 0 Å². The van der Waals surface area contributed by atoms with Crippen molar-refractivity contribution in [2.24, 2.45) is 0 Å². The normalized spacial score (nSPS) is 9.56. The Morgan fingerprint density at radius 3 is 2.56 bits per heavy atom. The zero-order chi connectivity index (χ0) is 6.69. The minimum absolute atomic E-state index is 1.30. The molecule has 0 aliphatic heterocycles. The van der Waals surface area contributed by atoms with Gasteiger partial charge in [0.1, 0.15) is 0 Å². The topological polar surface area (TPSA) is 0 Å². The lowest BCUT2D eigenvalue weighted by Crippen LogP contribution is -1.68. The Balaban J connectivity index is 2.94. The molecule has 1 rings (SSSR count). The van der Waals surface area contributed by atoms with Crippen LogP contribution in [0, 0.1) is 3.57 Å². The first-order valence-electron chi connectivity index (χ1n) is 2.37. The van der Waals surface area contributed by atoms with Crippen molar-refractivity contribution in [2.45, 2.75) is 4.90 Å². The largest absolute Gasteiger partial charge is 0.0601 e. The van der Waals surface area contributed by atoms with Gasteiger partial charge in [-0.1, -0.05) is 15.0 Å². The average molecular weight is 362 g/mol. The SMILES string of the molecule is ISc1cccc(I)c1. The monoisotopic (exact) mass is 362 g/mol. The number of halogens is 2. The fraction of sp³-hybridized carbons (Fsp3) is 0. The van der Waals surface area contributed by atoms with E-state index in [9.17, 15) is 0 Å². The van der Waals surface area contributed by atoms with Crippen LogP contribution < -0.4 is 0 Å². The number of rotatable bonds is 1. The molecule has 0 saturated carbocycles. The molecule has 0 nitrogen and oxygen atoms in total. The minimum Gasteiger partial charge on any atom is -0.0601 e. The number of benzene rings is 1. The Morgan fingerprint density at radius 2 is 2.11 bits per heavy atom. The quantitative estimate of drug-likeness (QED) is 0.687. The van der Waals surface area contributed by atoms with E-state index in [-0.39, 0.29) is 0 Å². The summed E-state index contributed by atoms with van der Waals surface area (Å²) in [6.07, 6.45) is 0. The van der Waals surface area contributed by atoms with E-state index in [4.69, 9.17) is 0 Å². The molecule has 0 aliphatic rings. The van der Waals surface area contributed by atoms with Crippen LogP contribution in [-0.2, 0) is 0 Å². The first kappa shape index (κ1) is 8.13. The van der Waals surface area contributed by atoms with Crippen LogP contribution in [0.25, 0.3) is 0 Å². The van der Waals surface area contributed by atoms with Crippen molar-refractivity contribution in [1.29, 1.82) is 0 Å². The highest BCUT2D eigenvalue weighted by molar-refractivity contribution is 14.2. The summed E-state index contributed by atoms with van der Waals surface area (Å²) in [6, 6.07) is 8.44. The van der Waals surface area contributed by atoms with Gasteiger partial charge in [-0.2, -0.15) is 0 Å². The minimum atomic E-state index is 1.30. The van der Waals surface area contributed by atoms with Gasteiger partial charge in [-0.25, -0.2) is 0 Å². The Bertz CT molecular complexity index is 200. The van der Waals surface area contributed by atoms with Gasteiger partial charge in [0.25, 0.3) is 0 Å². The van der Waals surface area contributed by atoms with Crippen molar-refractivity contribution in [3.05, 3.63) is 27.8 Å². The predicted octanol–water partition coefficient (Wildman–Crippen LogP) is 3.73. The van der Waals surface area contributed by atoms with E-state index in [1.165, 1.54) is 8.47 Å². The van der Waals surface area contributed by atoms with Crippen LogP contribution in [0.1, 0.15) is 0 Å². The van der Waals surface area contributed by atoms with Gasteiger partial charge in [-0.05, 0) is 40.8 Å². The number of hydrogen-bond donors (Lipinski definition) is 0. The molecule has 0 unspecified atom stereocenters. The zero-order valence-corrected chi connectivity index (χ0v) is 9.61. The van der Waals surface area contributed by atoms with Crippen LogP contribution in [0.15, 0.2) is 29.2 Å². The van der Waals surface area contributed by atoms with E-state index in [1.54, 1.807) is 8.93 Å². The van der Waals surface area contributed by atoms with Gasteiger partial charge in [0.15, 0.2) is 0 Å². The highest BCUT2D eigenvalue weighted by Crippen LogP contribution is 2.25. The molecule has 9 heavy (non-hydrogen) atoms. The molecule has 0 radical (unpaired) electrons. The molecular formula is C6H4I2S. The van der Waals surface area contributed by atoms with Gasteiger partial charge in [-0.15, -0.1) is 0 Å². The van der Waals surface area contributed by atoms with Gasteiger partial charge < -0.3 is 0 Å². The fourth-order valence-corrected chi connectivity index (χ4v) is 2.39. The highest BCUT2D eigenvalue weighted by Gasteiger charge is 1.88. The van der Waals surface area contributed by atoms with E-state index >= 15 is 0 Å². The maximum Gasteiger partial charge on any atom is 0.0189 e. The van der Waals surface area contributed by atoms with Crippen molar-refractivity contribution in [3.8, 4) is 0 Å². The van der Waals surface area contributed by atoms with E-state index in [0.29, 0.717) is 0 Å². The summed E-state index contributed by atoms with van der Waals surface area (Å²) in [7, 11) is 1.75. The predicted molar refractivity (Wildman–Crippen MR) is 59.0 cm³/mol. The lowest BCUT2D eigenvalue weighted by atomic mass is 10.4. The van der Waals surface area contributed by atoms with Crippen molar-refractivity contribution in [2.75, 3.05) is 0 Å². The van der Waals surface area contributed by atoms with E-state index < -0.39 is 0 Å². The second kappa shape index (κ2) is 4.02. The van der Waals surface area contributed by atoms with Gasteiger partial charge in [0, 0.05) is 29.7 Å².